The fourth-order valence-electron chi connectivity index (χ4n) is 8.15. The molecule has 0 saturated heterocycles. The summed E-state index contributed by atoms with van der Waals surface area (Å²) in [5.74, 6) is 0. The molecule has 0 heteroatoms. The van der Waals surface area contributed by atoms with Gasteiger partial charge in [-0.05, 0) is 107 Å². The first-order chi connectivity index (χ1) is 23.1. The van der Waals surface area contributed by atoms with Crippen LogP contribution in [0.1, 0.15) is 25.0 Å². The quantitative estimate of drug-likeness (QED) is 0.177. The van der Waals surface area contributed by atoms with Crippen LogP contribution in [0.4, 0.5) is 0 Å². The van der Waals surface area contributed by atoms with Crippen molar-refractivity contribution in [1.29, 1.82) is 0 Å². The molecule has 1 aliphatic rings. The van der Waals surface area contributed by atoms with Crippen LogP contribution in [-0.4, -0.2) is 0 Å². The molecule has 9 rings (SSSR count). The minimum Gasteiger partial charge on any atom is -0.0622 e. The van der Waals surface area contributed by atoms with E-state index in [0.29, 0.717) is 0 Å². The van der Waals surface area contributed by atoms with Gasteiger partial charge in [0.25, 0.3) is 0 Å². The SMILES string of the molecule is CC1(C)c2ccccc2-c2cccc(-c3c4ccccc4c(-c4cc(-c5ccccc5)cc(-c5ccccc5)c4)c4ccccc34)c21. The normalized spacial score (nSPS) is 13.1. The summed E-state index contributed by atoms with van der Waals surface area (Å²) >= 11 is 0. The first kappa shape index (κ1) is 27.6. The molecule has 0 saturated carbocycles. The van der Waals surface area contributed by atoms with Crippen LogP contribution in [0.25, 0.3) is 77.2 Å². The first-order valence-electron chi connectivity index (χ1n) is 16.5. The summed E-state index contributed by atoms with van der Waals surface area (Å²) < 4.78 is 0. The summed E-state index contributed by atoms with van der Waals surface area (Å²) in [6.07, 6.45) is 0. The standard InChI is InChI=1S/C47H34/c1-47(2)43-27-14-13-20-36(43)41-25-15-26-42(46(41)47)45-39-23-11-9-21-37(39)44(38-22-10-12-24-40(38)45)35-29-33(31-16-5-3-6-17-31)28-34(30-35)32-18-7-4-8-19-32/h3-30H,1-2H3. The molecule has 0 fully saturated rings. The van der Waals surface area contributed by atoms with Crippen molar-refractivity contribution in [3.05, 3.63) is 181 Å². The zero-order valence-electron chi connectivity index (χ0n) is 26.7. The Hall–Kier alpha value is -5.72. The van der Waals surface area contributed by atoms with Crippen LogP contribution in [0.15, 0.2) is 170 Å². The number of hydrogen-bond donors (Lipinski definition) is 0. The largest absolute Gasteiger partial charge is 0.0622 e. The van der Waals surface area contributed by atoms with Crippen molar-refractivity contribution in [2.75, 3.05) is 0 Å². The van der Waals surface area contributed by atoms with Gasteiger partial charge in [0.1, 0.15) is 0 Å². The zero-order valence-corrected chi connectivity index (χ0v) is 26.7. The van der Waals surface area contributed by atoms with Crippen molar-refractivity contribution < 1.29 is 0 Å². The van der Waals surface area contributed by atoms with E-state index in [0.717, 1.165) is 0 Å². The van der Waals surface area contributed by atoms with Crippen LogP contribution >= 0.6 is 0 Å². The lowest BCUT2D eigenvalue weighted by molar-refractivity contribution is 0.662. The van der Waals surface area contributed by atoms with Gasteiger partial charge in [0.2, 0.25) is 0 Å². The molecule has 0 atom stereocenters. The zero-order chi connectivity index (χ0) is 31.5. The van der Waals surface area contributed by atoms with Gasteiger partial charge in [-0.15, -0.1) is 0 Å². The van der Waals surface area contributed by atoms with Crippen LogP contribution in [0, 0.1) is 0 Å². The molecule has 0 N–H and O–H groups in total. The van der Waals surface area contributed by atoms with Gasteiger partial charge in [-0.25, -0.2) is 0 Å². The van der Waals surface area contributed by atoms with Crippen LogP contribution in [0.5, 0.6) is 0 Å². The van der Waals surface area contributed by atoms with E-state index in [1.54, 1.807) is 0 Å². The fraction of sp³-hybridized carbons (Fsp3) is 0.0638. The van der Waals surface area contributed by atoms with E-state index in [4.69, 9.17) is 0 Å². The Bertz CT molecular complexity index is 2350. The number of fused-ring (bicyclic) bond motifs is 5. The molecule has 0 spiro atoms. The van der Waals surface area contributed by atoms with Crippen molar-refractivity contribution in [3.8, 4) is 55.6 Å². The summed E-state index contributed by atoms with van der Waals surface area (Å²) in [7, 11) is 0. The monoisotopic (exact) mass is 598 g/mol. The van der Waals surface area contributed by atoms with Gasteiger partial charge < -0.3 is 0 Å². The Morgan fingerprint density at radius 1 is 0.319 bits per heavy atom. The van der Waals surface area contributed by atoms with Crippen molar-refractivity contribution in [2.45, 2.75) is 19.3 Å². The highest BCUT2D eigenvalue weighted by Gasteiger charge is 2.37. The van der Waals surface area contributed by atoms with Gasteiger partial charge in [-0.3, -0.25) is 0 Å². The number of rotatable bonds is 4. The van der Waals surface area contributed by atoms with E-state index in [9.17, 15) is 0 Å². The minimum atomic E-state index is -0.113. The Balaban J connectivity index is 1.38. The molecule has 0 aromatic heterocycles. The molecule has 8 aromatic carbocycles. The molecule has 0 unspecified atom stereocenters. The number of hydrogen-bond acceptors (Lipinski definition) is 0. The molecule has 8 aromatic rings. The summed E-state index contributed by atoms with van der Waals surface area (Å²) in [4.78, 5) is 0. The predicted octanol–water partition coefficient (Wildman–Crippen LogP) is 13.0. The lowest BCUT2D eigenvalue weighted by Crippen LogP contribution is -2.16. The van der Waals surface area contributed by atoms with Gasteiger partial charge in [0.05, 0.1) is 0 Å². The second-order valence-corrected chi connectivity index (χ2v) is 13.3. The maximum atomic E-state index is 2.39. The van der Waals surface area contributed by atoms with Gasteiger partial charge in [-0.2, -0.15) is 0 Å². The third-order valence-corrected chi connectivity index (χ3v) is 10.2. The molecule has 0 amide bonds. The molecular weight excluding hydrogens is 565 g/mol. The van der Waals surface area contributed by atoms with Gasteiger partial charge in [-0.1, -0.05) is 166 Å². The van der Waals surface area contributed by atoms with Gasteiger partial charge in [0.15, 0.2) is 0 Å². The molecule has 0 aliphatic heterocycles. The summed E-state index contributed by atoms with van der Waals surface area (Å²) in [6, 6.07) is 62.6. The average Bonchev–Trinajstić information content (AvgIpc) is 3.37. The fourth-order valence-corrected chi connectivity index (χ4v) is 8.15. The maximum Gasteiger partial charge on any atom is 0.0165 e. The van der Waals surface area contributed by atoms with E-state index in [1.807, 2.05) is 0 Å². The van der Waals surface area contributed by atoms with Crippen molar-refractivity contribution >= 4 is 21.5 Å². The van der Waals surface area contributed by atoms with Crippen LogP contribution in [0.3, 0.4) is 0 Å². The highest BCUT2D eigenvalue weighted by Crippen LogP contribution is 2.54. The summed E-state index contributed by atoms with van der Waals surface area (Å²) in [5.41, 5.74) is 15.5. The molecule has 47 heavy (non-hydrogen) atoms. The second-order valence-electron chi connectivity index (χ2n) is 13.3. The molecule has 0 bridgehead atoms. The lowest BCUT2D eigenvalue weighted by atomic mass is 9.76. The Morgan fingerprint density at radius 3 is 1.32 bits per heavy atom. The molecular formula is C47H34. The Labute approximate surface area is 276 Å². The second kappa shape index (κ2) is 10.7. The average molecular weight is 599 g/mol. The van der Waals surface area contributed by atoms with Gasteiger partial charge in [0, 0.05) is 5.41 Å². The molecule has 0 nitrogen and oxygen atoms in total. The molecule has 1 aliphatic carbocycles. The molecule has 0 heterocycles. The summed E-state index contributed by atoms with van der Waals surface area (Å²) in [6.45, 7) is 4.78. The predicted molar refractivity (Wildman–Crippen MR) is 201 cm³/mol. The smallest absolute Gasteiger partial charge is 0.0165 e. The van der Waals surface area contributed by atoms with Crippen molar-refractivity contribution in [3.63, 3.8) is 0 Å². The van der Waals surface area contributed by atoms with Crippen LogP contribution in [-0.2, 0) is 5.41 Å². The topological polar surface area (TPSA) is 0 Å². The lowest BCUT2D eigenvalue weighted by Gasteiger charge is -2.26. The van der Waals surface area contributed by atoms with E-state index < -0.39 is 0 Å². The third-order valence-electron chi connectivity index (χ3n) is 10.2. The van der Waals surface area contributed by atoms with Crippen LogP contribution in [0.2, 0.25) is 0 Å². The van der Waals surface area contributed by atoms with E-state index >= 15 is 0 Å². The van der Waals surface area contributed by atoms with Crippen molar-refractivity contribution in [1.82, 2.24) is 0 Å². The molecule has 222 valence electrons. The van der Waals surface area contributed by atoms with Crippen molar-refractivity contribution in [2.24, 2.45) is 0 Å². The highest BCUT2D eigenvalue weighted by molar-refractivity contribution is 6.22. The highest BCUT2D eigenvalue weighted by atomic mass is 14.4. The van der Waals surface area contributed by atoms with E-state index in [-0.39, 0.29) is 5.41 Å². The van der Waals surface area contributed by atoms with E-state index in [1.165, 1.54) is 88.3 Å². The molecule has 0 radical (unpaired) electrons. The third kappa shape index (κ3) is 4.29. The Morgan fingerprint density at radius 2 is 0.745 bits per heavy atom. The van der Waals surface area contributed by atoms with Crippen LogP contribution < -0.4 is 0 Å². The summed E-state index contributed by atoms with van der Waals surface area (Å²) in [5, 5.41) is 5.12. The van der Waals surface area contributed by atoms with Gasteiger partial charge >= 0.3 is 0 Å². The maximum absolute atomic E-state index is 2.39. The Kier molecular flexibility index (Phi) is 6.27. The number of benzene rings is 8. The van der Waals surface area contributed by atoms with E-state index in [2.05, 4.69) is 184 Å². The minimum absolute atomic E-state index is 0.113. The first-order valence-corrected chi connectivity index (χ1v) is 16.5.